The van der Waals surface area contributed by atoms with E-state index in [9.17, 15) is 4.79 Å². The molecule has 1 aromatic heterocycles. The van der Waals surface area contributed by atoms with Gasteiger partial charge in [-0.1, -0.05) is 35.9 Å². The quantitative estimate of drug-likeness (QED) is 0.681. The molecule has 6 nitrogen and oxygen atoms in total. The first-order valence-electron chi connectivity index (χ1n) is 10.2. The Hall–Kier alpha value is -3.54. The zero-order valence-electron chi connectivity index (χ0n) is 17.1. The SMILES string of the molecule is Cc1ccc(OCC(=O)Nc2ccc(N3CCN(c4ccccc4)CC3)nc2)cc1. The number of para-hydroxylation sites is 1. The van der Waals surface area contributed by atoms with Gasteiger partial charge in [0.15, 0.2) is 6.61 Å². The Labute approximate surface area is 177 Å². The number of ether oxygens (including phenoxy) is 1. The van der Waals surface area contributed by atoms with Gasteiger partial charge in [-0.25, -0.2) is 4.98 Å². The first-order chi connectivity index (χ1) is 14.7. The van der Waals surface area contributed by atoms with Crippen molar-refractivity contribution in [2.75, 3.05) is 47.9 Å². The van der Waals surface area contributed by atoms with Crippen LogP contribution in [0, 0.1) is 6.92 Å². The molecule has 1 aliphatic rings. The molecule has 1 N–H and O–H groups in total. The van der Waals surface area contributed by atoms with E-state index < -0.39 is 0 Å². The highest BCUT2D eigenvalue weighted by molar-refractivity contribution is 5.91. The van der Waals surface area contributed by atoms with Crippen LogP contribution in [0.1, 0.15) is 5.56 Å². The van der Waals surface area contributed by atoms with E-state index in [2.05, 4.69) is 44.4 Å². The number of anilines is 3. The van der Waals surface area contributed by atoms with Crippen LogP contribution in [0.4, 0.5) is 17.2 Å². The lowest BCUT2D eigenvalue weighted by Crippen LogP contribution is -2.46. The molecule has 2 heterocycles. The van der Waals surface area contributed by atoms with Gasteiger partial charge in [0, 0.05) is 31.9 Å². The van der Waals surface area contributed by atoms with Crippen LogP contribution in [0.3, 0.4) is 0 Å². The molecule has 6 heteroatoms. The summed E-state index contributed by atoms with van der Waals surface area (Å²) >= 11 is 0. The van der Waals surface area contributed by atoms with Crippen LogP contribution in [-0.4, -0.2) is 43.7 Å². The summed E-state index contributed by atoms with van der Waals surface area (Å²) in [5.74, 6) is 1.40. The molecule has 1 aliphatic heterocycles. The standard InChI is InChI=1S/C24H26N4O2/c1-19-7-10-22(11-8-19)30-18-24(29)26-20-9-12-23(25-17-20)28-15-13-27(14-16-28)21-5-3-2-4-6-21/h2-12,17H,13-16,18H2,1H3,(H,26,29). The van der Waals surface area contributed by atoms with Gasteiger partial charge in [-0.05, 0) is 43.3 Å². The Balaban J connectivity index is 1.26. The monoisotopic (exact) mass is 402 g/mol. The van der Waals surface area contributed by atoms with Crippen molar-refractivity contribution < 1.29 is 9.53 Å². The molecular formula is C24H26N4O2. The van der Waals surface area contributed by atoms with Crippen molar-refractivity contribution in [1.82, 2.24) is 4.98 Å². The van der Waals surface area contributed by atoms with Crippen LogP contribution < -0.4 is 19.9 Å². The molecule has 1 amide bonds. The van der Waals surface area contributed by atoms with Gasteiger partial charge < -0.3 is 19.9 Å². The van der Waals surface area contributed by atoms with Crippen molar-refractivity contribution in [2.45, 2.75) is 6.92 Å². The third-order valence-electron chi connectivity index (χ3n) is 5.15. The molecule has 4 rings (SSSR count). The summed E-state index contributed by atoms with van der Waals surface area (Å²) in [7, 11) is 0. The fourth-order valence-electron chi connectivity index (χ4n) is 3.46. The number of piperazine rings is 1. The van der Waals surface area contributed by atoms with Crippen LogP contribution in [0.5, 0.6) is 5.75 Å². The summed E-state index contributed by atoms with van der Waals surface area (Å²) in [6.07, 6.45) is 1.70. The van der Waals surface area contributed by atoms with E-state index in [1.54, 1.807) is 6.20 Å². The second-order valence-electron chi connectivity index (χ2n) is 7.36. The summed E-state index contributed by atoms with van der Waals surface area (Å²) in [6, 6.07) is 21.9. The topological polar surface area (TPSA) is 57.7 Å². The molecule has 0 spiro atoms. The van der Waals surface area contributed by atoms with Gasteiger partial charge >= 0.3 is 0 Å². The van der Waals surface area contributed by atoms with E-state index in [1.807, 2.05) is 49.4 Å². The molecule has 0 radical (unpaired) electrons. The molecule has 1 saturated heterocycles. The Morgan fingerprint density at radius 3 is 2.30 bits per heavy atom. The minimum absolute atomic E-state index is 0.0355. The summed E-state index contributed by atoms with van der Waals surface area (Å²) in [5.41, 5.74) is 3.08. The Morgan fingerprint density at radius 1 is 0.933 bits per heavy atom. The molecular weight excluding hydrogens is 376 g/mol. The first kappa shape index (κ1) is 19.8. The number of amides is 1. The third kappa shape index (κ3) is 5.08. The number of aromatic nitrogens is 1. The molecule has 3 aromatic rings. The second kappa shape index (κ2) is 9.31. The number of nitrogens with zero attached hydrogens (tertiary/aromatic N) is 3. The number of carbonyl (C=O) groups is 1. The molecule has 0 unspecified atom stereocenters. The molecule has 0 saturated carbocycles. The highest BCUT2D eigenvalue weighted by Crippen LogP contribution is 2.20. The van der Waals surface area contributed by atoms with Crippen LogP contribution in [-0.2, 0) is 4.79 Å². The van der Waals surface area contributed by atoms with Gasteiger partial charge in [0.2, 0.25) is 0 Å². The number of hydrogen-bond acceptors (Lipinski definition) is 5. The molecule has 0 atom stereocenters. The molecule has 30 heavy (non-hydrogen) atoms. The molecule has 1 fully saturated rings. The minimum Gasteiger partial charge on any atom is -0.484 e. The number of benzene rings is 2. The first-order valence-corrected chi connectivity index (χ1v) is 10.2. The number of nitrogens with one attached hydrogen (secondary N) is 1. The average Bonchev–Trinajstić information content (AvgIpc) is 2.80. The van der Waals surface area contributed by atoms with E-state index in [4.69, 9.17) is 4.74 Å². The van der Waals surface area contributed by atoms with Crippen LogP contribution in [0.2, 0.25) is 0 Å². The molecule has 0 bridgehead atoms. The normalized spacial score (nSPS) is 13.8. The molecule has 154 valence electrons. The fraction of sp³-hybridized carbons (Fsp3) is 0.250. The number of carbonyl (C=O) groups excluding carboxylic acids is 1. The highest BCUT2D eigenvalue weighted by atomic mass is 16.5. The lowest BCUT2D eigenvalue weighted by Gasteiger charge is -2.36. The summed E-state index contributed by atoms with van der Waals surface area (Å²) in [4.78, 5) is 21.3. The van der Waals surface area contributed by atoms with E-state index in [0.717, 1.165) is 37.6 Å². The van der Waals surface area contributed by atoms with Gasteiger partial charge in [-0.15, -0.1) is 0 Å². The smallest absolute Gasteiger partial charge is 0.262 e. The highest BCUT2D eigenvalue weighted by Gasteiger charge is 2.18. The van der Waals surface area contributed by atoms with Crippen molar-refractivity contribution >= 4 is 23.1 Å². The minimum atomic E-state index is -0.207. The van der Waals surface area contributed by atoms with Crippen molar-refractivity contribution in [3.05, 3.63) is 78.5 Å². The number of aryl methyl sites for hydroxylation is 1. The maximum atomic E-state index is 12.1. The van der Waals surface area contributed by atoms with Crippen LogP contribution in [0.25, 0.3) is 0 Å². The number of hydrogen-bond donors (Lipinski definition) is 1. The lowest BCUT2D eigenvalue weighted by molar-refractivity contribution is -0.118. The second-order valence-corrected chi connectivity index (χ2v) is 7.36. The van der Waals surface area contributed by atoms with E-state index in [0.29, 0.717) is 11.4 Å². The molecule has 0 aliphatic carbocycles. The van der Waals surface area contributed by atoms with Gasteiger partial charge in [0.05, 0.1) is 11.9 Å². The van der Waals surface area contributed by atoms with Gasteiger partial charge in [0.1, 0.15) is 11.6 Å². The maximum Gasteiger partial charge on any atom is 0.262 e. The van der Waals surface area contributed by atoms with Gasteiger partial charge in [-0.2, -0.15) is 0 Å². The number of pyridine rings is 1. The van der Waals surface area contributed by atoms with Gasteiger partial charge in [0.25, 0.3) is 5.91 Å². The van der Waals surface area contributed by atoms with E-state index >= 15 is 0 Å². The van der Waals surface area contributed by atoms with Crippen LogP contribution in [0.15, 0.2) is 72.9 Å². The van der Waals surface area contributed by atoms with Crippen LogP contribution >= 0.6 is 0 Å². The van der Waals surface area contributed by atoms with E-state index in [-0.39, 0.29) is 12.5 Å². The van der Waals surface area contributed by atoms with Gasteiger partial charge in [-0.3, -0.25) is 4.79 Å². The predicted octanol–water partition coefficient (Wildman–Crippen LogP) is 3.73. The van der Waals surface area contributed by atoms with Crippen molar-refractivity contribution in [3.8, 4) is 5.75 Å². The summed E-state index contributed by atoms with van der Waals surface area (Å²) < 4.78 is 5.52. The Morgan fingerprint density at radius 2 is 1.63 bits per heavy atom. The predicted molar refractivity (Wildman–Crippen MR) is 120 cm³/mol. The maximum absolute atomic E-state index is 12.1. The van der Waals surface area contributed by atoms with E-state index in [1.165, 1.54) is 5.69 Å². The fourth-order valence-corrected chi connectivity index (χ4v) is 3.46. The largest absolute Gasteiger partial charge is 0.484 e. The lowest BCUT2D eigenvalue weighted by atomic mass is 10.2. The Kier molecular flexibility index (Phi) is 6.13. The number of rotatable bonds is 6. The molecule has 2 aromatic carbocycles. The summed E-state index contributed by atoms with van der Waals surface area (Å²) in [5, 5.41) is 2.83. The zero-order chi connectivity index (χ0) is 20.8. The van der Waals surface area contributed by atoms with Crippen molar-refractivity contribution in [1.29, 1.82) is 0 Å². The average molecular weight is 402 g/mol. The summed E-state index contributed by atoms with van der Waals surface area (Å²) in [6.45, 7) is 5.72. The Bertz CT molecular complexity index is 951. The van der Waals surface area contributed by atoms with Crippen molar-refractivity contribution in [3.63, 3.8) is 0 Å². The third-order valence-corrected chi connectivity index (χ3v) is 5.15. The zero-order valence-corrected chi connectivity index (χ0v) is 17.1. The van der Waals surface area contributed by atoms with Crippen molar-refractivity contribution in [2.24, 2.45) is 0 Å².